The molecule has 4 rings (SSSR count). The van der Waals surface area contributed by atoms with Gasteiger partial charge >= 0.3 is 5.97 Å². The molecule has 12 nitrogen and oxygen atoms in total. The molecule has 0 spiro atoms. The number of benzene rings is 3. The number of nitrogens with one attached hydrogen (secondary N) is 3. The molecule has 0 unspecified atom stereocenters. The third-order valence-corrected chi connectivity index (χ3v) is 7.37. The van der Waals surface area contributed by atoms with E-state index >= 15 is 0 Å². The van der Waals surface area contributed by atoms with E-state index in [4.69, 9.17) is 4.74 Å². The van der Waals surface area contributed by atoms with Crippen LogP contribution in [0.15, 0.2) is 72.8 Å². The van der Waals surface area contributed by atoms with Gasteiger partial charge in [-0.15, -0.1) is 0 Å². The molecule has 0 amide bonds. The van der Waals surface area contributed by atoms with Gasteiger partial charge in [0.1, 0.15) is 18.1 Å². The summed E-state index contributed by atoms with van der Waals surface area (Å²) in [7, 11) is -6.84. The molecule has 0 saturated heterocycles. The first-order valence-corrected chi connectivity index (χ1v) is 16.6. The normalized spacial score (nSPS) is 12.6. The number of nitrogens with zero attached hydrogens (tertiary/aromatic N) is 1. The minimum atomic E-state index is -3.43. The van der Waals surface area contributed by atoms with Crippen molar-refractivity contribution in [2.24, 2.45) is 0 Å². The van der Waals surface area contributed by atoms with Gasteiger partial charge in [0.15, 0.2) is 0 Å². The summed E-state index contributed by atoms with van der Waals surface area (Å²) in [6.45, 7) is 1.14. The summed E-state index contributed by atoms with van der Waals surface area (Å²) in [6, 6.07) is 20.1. The topological polar surface area (TPSA) is 176 Å². The highest BCUT2D eigenvalue weighted by Gasteiger charge is 2.16. The molecule has 1 heterocycles. The number of ether oxygens (including phenoxy) is 1. The van der Waals surface area contributed by atoms with Crippen LogP contribution in [0.2, 0.25) is 0 Å². The predicted molar refractivity (Wildman–Crippen MR) is 161 cm³/mol. The molecule has 0 fully saturated rings. The summed E-state index contributed by atoms with van der Waals surface area (Å²) in [4.78, 5) is 12.0. The summed E-state index contributed by atoms with van der Waals surface area (Å²) >= 11 is 0. The number of aliphatic hydroxyl groups excluding tert-OH is 1. The number of anilines is 2. The summed E-state index contributed by atoms with van der Waals surface area (Å²) < 4.78 is 58.1. The lowest BCUT2D eigenvalue weighted by molar-refractivity contribution is 0.0686. The van der Waals surface area contributed by atoms with Crippen molar-refractivity contribution in [2.45, 2.75) is 12.6 Å². The maximum Gasteiger partial charge on any atom is 0.352 e. The Kier molecular flexibility index (Phi) is 9.41. The van der Waals surface area contributed by atoms with Gasteiger partial charge in [0.05, 0.1) is 24.1 Å². The van der Waals surface area contributed by atoms with E-state index in [0.717, 1.165) is 23.5 Å². The second-order valence-electron chi connectivity index (χ2n) is 9.78. The van der Waals surface area contributed by atoms with Gasteiger partial charge in [0.25, 0.3) is 0 Å². The Hall–Kier alpha value is -4.11. The lowest BCUT2D eigenvalue weighted by Gasteiger charge is -2.14. The van der Waals surface area contributed by atoms with Gasteiger partial charge in [-0.05, 0) is 53.6 Å². The molecule has 3 aromatic carbocycles. The van der Waals surface area contributed by atoms with E-state index in [2.05, 4.69) is 14.8 Å². The first kappa shape index (κ1) is 30.8. The zero-order valence-corrected chi connectivity index (χ0v) is 24.6. The van der Waals surface area contributed by atoms with Gasteiger partial charge in [-0.25, -0.2) is 21.6 Å². The van der Waals surface area contributed by atoms with Crippen LogP contribution >= 0.6 is 0 Å². The Morgan fingerprint density at radius 2 is 1.60 bits per heavy atom. The Balaban J connectivity index is 1.38. The molecule has 0 saturated carbocycles. The fourth-order valence-electron chi connectivity index (χ4n) is 4.37. The molecule has 42 heavy (non-hydrogen) atoms. The zero-order chi connectivity index (χ0) is 30.5. The van der Waals surface area contributed by atoms with Crippen molar-refractivity contribution >= 4 is 48.3 Å². The highest BCUT2D eigenvalue weighted by atomic mass is 32.2. The van der Waals surface area contributed by atoms with Crippen molar-refractivity contribution in [3.63, 3.8) is 0 Å². The number of hydrogen-bond acceptors (Lipinski definition) is 8. The fraction of sp³-hybridized carbons (Fsp3) is 0.250. The fourth-order valence-corrected chi connectivity index (χ4v) is 5.49. The number of carboxylic acid groups (broad SMARTS) is 1. The molecule has 1 aromatic heterocycles. The molecule has 0 aliphatic heterocycles. The van der Waals surface area contributed by atoms with E-state index < -0.39 is 32.1 Å². The summed E-state index contributed by atoms with van der Waals surface area (Å²) in [5.74, 6) is -0.544. The Bertz CT molecular complexity index is 1790. The number of sulfonamides is 2. The highest BCUT2D eigenvalue weighted by Crippen LogP contribution is 2.26. The Labute approximate surface area is 244 Å². The van der Waals surface area contributed by atoms with Gasteiger partial charge in [-0.2, -0.15) is 0 Å². The standard InChI is InChI=1S/C28H32N4O8S2/c1-41(36,37)30-22-9-6-19(7-10-22)18-32-25-16-24(11-8-20(25)15-26(32)28(34)35)40-13-12-29-17-27(33)21-4-3-5-23(14-21)31-42(2,38)39/h3-11,14-16,27,29-31,33H,12-13,17-18H2,1-2H3,(H,34,35)/t27-/m0/s1. The van der Waals surface area contributed by atoms with Crippen molar-refractivity contribution in [2.75, 3.05) is 41.7 Å². The number of aromatic carboxylic acids is 1. The van der Waals surface area contributed by atoms with Crippen LogP contribution < -0.4 is 19.5 Å². The lowest BCUT2D eigenvalue weighted by atomic mass is 10.1. The van der Waals surface area contributed by atoms with Crippen LogP contribution in [0.1, 0.15) is 27.7 Å². The second kappa shape index (κ2) is 12.8. The number of fused-ring (bicyclic) bond motifs is 1. The van der Waals surface area contributed by atoms with Crippen molar-refractivity contribution < 1.29 is 36.6 Å². The minimum Gasteiger partial charge on any atom is -0.492 e. The molecule has 0 aliphatic carbocycles. The number of carboxylic acids is 1. The summed E-state index contributed by atoms with van der Waals surface area (Å²) in [6.07, 6.45) is 1.25. The van der Waals surface area contributed by atoms with Crippen molar-refractivity contribution in [1.29, 1.82) is 0 Å². The monoisotopic (exact) mass is 616 g/mol. The number of hydrogen-bond donors (Lipinski definition) is 5. The zero-order valence-electron chi connectivity index (χ0n) is 22.9. The molecule has 5 N–H and O–H groups in total. The summed E-state index contributed by atoms with van der Waals surface area (Å²) in [5.41, 5.74) is 2.87. The van der Waals surface area contributed by atoms with E-state index in [-0.39, 0.29) is 25.4 Å². The van der Waals surface area contributed by atoms with E-state index in [0.29, 0.717) is 34.7 Å². The third kappa shape index (κ3) is 8.69. The van der Waals surface area contributed by atoms with E-state index in [1.807, 2.05) is 0 Å². The maximum absolute atomic E-state index is 12.0. The van der Waals surface area contributed by atoms with E-state index in [1.54, 1.807) is 77.4 Å². The summed E-state index contributed by atoms with van der Waals surface area (Å²) in [5, 5.41) is 24.1. The molecule has 4 aromatic rings. The van der Waals surface area contributed by atoms with Gasteiger partial charge in [-0.3, -0.25) is 9.44 Å². The van der Waals surface area contributed by atoms with E-state index in [9.17, 15) is 31.8 Å². The SMILES string of the molecule is CS(=O)(=O)Nc1ccc(Cn2c(C(=O)O)cc3ccc(OCCNC[C@H](O)c4cccc(NS(C)(=O)=O)c4)cc32)cc1. The average molecular weight is 617 g/mol. The molecular formula is C28H32N4O8S2. The van der Waals surface area contributed by atoms with Crippen molar-refractivity contribution in [1.82, 2.24) is 9.88 Å². The third-order valence-electron chi connectivity index (χ3n) is 6.15. The van der Waals surface area contributed by atoms with Crippen LogP contribution in [0.4, 0.5) is 11.4 Å². The first-order valence-electron chi connectivity index (χ1n) is 12.8. The Morgan fingerprint density at radius 3 is 2.26 bits per heavy atom. The predicted octanol–water partition coefficient (Wildman–Crippen LogP) is 2.83. The first-order chi connectivity index (χ1) is 19.8. The van der Waals surface area contributed by atoms with Gasteiger partial charge in [0, 0.05) is 42.5 Å². The molecule has 0 aliphatic rings. The Morgan fingerprint density at radius 1 is 0.905 bits per heavy atom. The van der Waals surface area contributed by atoms with Crippen LogP contribution in [0.25, 0.3) is 10.9 Å². The van der Waals surface area contributed by atoms with Gasteiger partial charge in [-0.1, -0.05) is 24.3 Å². The van der Waals surface area contributed by atoms with Crippen LogP contribution in [-0.4, -0.2) is 69.8 Å². The maximum atomic E-state index is 12.0. The lowest BCUT2D eigenvalue weighted by Crippen LogP contribution is -2.26. The molecule has 1 atom stereocenters. The van der Waals surface area contributed by atoms with Crippen LogP contribution in [0.5, 0.6) is 5.75 Å². The smallest absolute Gasteiger partial charge is 0.352 e. The van der Waals surface area contributed by atoms with E-state index in [1.165, 1.54) is 0 Å². The number of carbonyl (C=O) groups is 1. The molecule has 224 valence electrons. The molecule has 0 radical (unpaired) electrons. The van der Waals surface area contributed by atoms with Crippen molar-refractivity contribution in [3.8, 4) is 5.75 Å². The quantitative estimate of drug-likeness (QED) is 0.133. The largest absolute Gasteiger partial charge is 0.492 e. The minimum absolute atomic E-state index is 0.104. The van der Waals surface area contributed by atoms with Crippen molar-refractivity contribution in [3.05, 3.63) is 89.6 Å². The number of rotatable bonds is 14. The molecule has 0 bridgehead atoms. The van der Waals surface area contributed by atoms with Crippen LogP contribution in [0.3, 0.4) is 0 Å². The van der Waals surface area contributed by atoms with Gasteiger partial charge in [0.2, 0.25) is 20.0 Å². The molecule has 14 heteroatoms. The second-order valence-corrected chi connectivity index (χ2v) is 13.3. The molecular weight excluding hydrogens is 584 g/mol. The van der Waals surface area contributed by atoms with Gasteiger partial charge < -0.3 is 24.8 Å². The average Bonchev–Trinajstić information content (AvgIpc) is 3.25. The number of aromatic nitrogens is 1. The number of aliphatic hydroxyl groups is 1. The van der Waals surface area contributed by atoms with Crippen LogP contribution in [-0.2, 0) is 26.6 Å². The highest BCUT2D eigenvalue weighted by molar-refractivity contribution is 7.92. The van der Waals surface area contributed by atoms with Crippen LogP contribution in [0, 0.1) is 0 Å².